The molecule has 0 amide bonds. The van der Waals surface area contributed by atoms with Crippen molar-refractivity contribution in [3.05, 3.63) is 0 Å². The van der Waals surface area contributed by atoms with E-state index in [9.17, 15) is 0 Å². The van der Waals surface area contributed by atoms with Crippen LogP contribution in [0.1, 0.15) is 6.42 Å². The van der Waals surface area contributed by atoms with E-state index in [2.05, 4.69) is 10.2 Å². The average Bonchev–Trinajstić information content (AvgIpc) is 2.81. The number of nitrogens with two attached hydrogens (primary N) is 1. The fourth-order valence-electron chi connectivity index (χ4n) is 2.57. The van der Waals surface area contributed by atoms with Gasteiger partial charge in [-0.05, 0) is 24.8 Å². The van der Waals surface area contributed by atoms with Gasteiger partial charge in [0, 0.05) is 45.9 Å². The molecule has 0 spiro atoms. The number of nitrogens with one attached hydrogen (secondary N) is 1. The first-order chi connectivity index (χ1) is 7.40. The Morgan fingerprint density at radius 2 is 2.20 bits per heavy atom. The predicted molar refractivity (Wildman–Crippen MR) is 60.8 cm³/mol. The van der Waals surface area contributed by atoms with Crippen LogP contribution in [0, 0.1) is 11.8 Å². The molecular formula is C11H23N3O. The Kier molecular flexibility index (Phi) is 4.38. The van der Waals surface area contributed by atoms with Crippen molar-refractivity contribution in [3.63, 3.8) is 0 Å². The van der Waals surface area contributed by atoms with Gasteiger partial charge in [-0.3, -0.25) is 0 Å². The van der Waals surface area contributed by atoms with Gasteiger partial charge < -0.3 is 20.7 Å². The van der Waals surface area contributed by atoms with Crippen molar-refractivity contribution in [2.45, 2.75) is 6.42 Å². The molecule has 0 saturated carbocycles. The summed E-state index contributed by atoms with van der Waals surface area (Å²) in [6, 6.07) is 0. The monoisotopic (exact) mass is 213 g/mol. The predicted octanol–water partition coefficient (Wildman–Crippen LogP) is -0.497. The highest BCUT2D eigenvalue weighted by Crippen LogP contribution is 2.22. The Balaban J connectivity index is 1.78. The molecule has 4 heteroatoms. The van der Waals surface area contributed by atoms with Crippen LogP contribution in [0.4, 0.5) is 0 Å². The second-order valence-electron chi connectivity index (χ2n) is 4.67. The summed E-state index contributed by atoms with van der Waals surface area (Å²) in [7, 11) is 0. The third-order valence-corrected chi connectivity index (χ3v) is 3.64. The summed E-state index contributed by atoms with van der Waals surface area (Å²) in [5.41, 5.74) is 5.87. The van der Waals surface area contributed by atoms with Crippen molar-refractivity contribution in [1.82, 2.24) is 10.2 Å². The first-order valence-corrected chi connectivity index (χ1v) is 6.11. The van der Waals surface area contributed by atoms with Crippen LogP contribution >= 0.6 is 0 Å². The maximum atomic E-state index is 5.87. The zero-order valence-electron chi connectivity index (χ0n) is 9.45. The van der Waals surface area contributed by atoms with Gasteiger partial charge in [-0.1, -0.05) is 0 Å². The van der Waals surface area contributed by atoms with Gasteiger partial charge in [0.1, 0.15) is 0 Å². The molecule has 2 rings (SSSR count). The smallest absolute Gasteiger partial charge is 0.0498 e. The lowest BCUT2D eigenvalue weighted by Gasteiger charge is -2.32. The summed E-state index contributed by atoms with van der Waals surface area (Å²) >= 11 is 0. The number of rotatable bonds is 4. The van der Waals surface area contributed by atoms with Crippen LogP contribution in [0.3, 0.4) is 0 Å². The highest BCUT2D eigenvalue weighted by Gasteiger charge is 2.26. The lowest BCUT2D eigenvalue weighted by molar-refractivity contribution is 0.145. The van der Waals surface area contributed by atoms with Gasteiger partial charge >= 0.3 is 0 Å². The summed E-state index contributed by atoms with van der Waals surface area (Å²) in [6.07, 6.45) is 1.20. The van der Waals surface area contributed by atoms with E-state index < -0.39 is 0 Å². The molecule has 15 heavy (non-hydrogen) atoms. The third kappa shape index (κ3) is 3.14. The molecular weight excluding hydrogens is 190 g/mol. The lowest BCUT2D eigenvalue weighted by atomic mass is 9.91. The molecule has 2 aliphatic rings. The number of piperazine rings is 1. The van der Waals surface area contributed by atoms with Gasteiger partial charge in [0.25, 0.3) is 0 Å². The Bertz CT molecular complexity index is 177. The van der Waals surface area contributed by atoms with E-state index in [4.69, 9.17) is 10.5 Å². The first kappa shape index (κ1) is 11.3. The van der Waals surface area contributed by atoms with Crippen LogP contribution in [0.5, 0.6) is 0 Å². The minimum absolute atomic E-state index is 0.630. The fourth-order valence-corrected chi connectivity index (χ4v) is 2.57. The molecule has 0 aromatic carbocycles. The van der Waals surface area contributed by atoms with Crippen LogP contribution in [0.2, 0.25) is 0 Å². The van der Waals surface area contributed by atoms with Crippen molar-refractivity contribution in [2.75, 3.05) is 52.5 Å². The van der Waals surface area contributed by atoms with Crippen molar-refractivity contribution < 1.29 is 4.74 Å². The third-order valence-electron chi connectivity index (χ3n) is 3.64. The van der Waals surface area contributed by atoms with Gasteiger partial charge in [0.05, 0.1) is 0 Å². The summed E-state index contributed by atoms with van der Waals surface area (Å²) in [4.78, 5) is 2.53. The molecule has 0 aromatic heterocycles. The molecule has 2 atom stereocenters. The van der Waals surface area contributed by atoms with E-state index in [-0.39, 0.29) is 0 Å². The molecule has 2 unspecified atom stereocenters. The van der Waals surface area contributed by atoms with E-state index in [0.717, 1.165) is 39.4 Å². The van der Waals surface area contributed by atoms with Crippen LogP contribution in [0.25, 0.3) is 0 Å². The molecule has 88 valence electrons. The normalized spacial score (nSPS) is 30.6. The summed E-state index contributed by atoms with van der Waals surface area (Å²) in [5.74, 6) is 1.33. The van der Waals surface area contributed by atoms with Crippen molar-refractivity contribution in [2.24, 2.45) is 17.6 Å². The largest absolute Gasteiger partial charge is 0.381 e. The zero-order valence-corrected chi connectivity index (χ0v) is 9.45. The van der Waals surface area contributed by atoms with Crippen LogP contribution in [-0.2, 0) is 4.74 Å². The molecule has 3 N–H and O–H groups in total. The first-order valence-electron chi connectivity index (χ1n) is 6.11. The molecule has 2 aliphatic heterocycles. The van der Waals surface area contributed by atoms with Gasteiger partial charge in [0.2, 0.25) is 0 Å². The molecule has 0 bridgehead atoms. The van der Waals surface area contributed by atoms with Gasteiger partial charge in [-0.2, -0.15) is 0 Å². The summed E-state index contributed by atoms with van der Waals surface area (Å²) in [6.45, 7) is 8.41. The Hall–Kier alpha value is -0.160. The summed E-state index contributed by atoms with van der Waals surface area (Å²) < 4.78 is 5.44. The van der Waals surface area contributed by atoms with Crippen LogP contribution < -0.4 is 11.1 Å². The minimum Gasteiger partial charge on any atom is -0.381 e. The molecule has 2 heterocycles. The second kappa shape index (κ2) is 5.80. The van der Waals surface area contributed by atoms with Gasteiger partial charge in [-0.15, -0.1) is 0 Å². The maximum Gasteiger partial charge on any atom is 0.0498 e. The van der Waals surface area contributed by atoms with Gasteiger partial charge in [0.15, 0.2) is 0 Å². The molecule has 4 nitrogen and oxygen atoms in total. The number of hydrogen-bond donors (Lipinski definition) is 2. The quantitative estimate of drug-likeness (QED) is 0.661. The number of nitrogens with zero attached hydrogens (tertiary/aromatic N) is 1. The highest BCUT2D eigenvalue weighted by molar-refractivity contribution is 4.79. The van der Waals surface area contributed by atoms with Crippen molar-refractivity contribution in [3.8, 4) is 0 Å². The van der Waals surface area contributed by atoms with E-state index in [0.29, 0.717) is 11.8 Å². The molecule has 2 fully saturated rings. The molecule has 0 aromatic rings. The average molecular weight is 213 g/mol. The van der Waals surface area contributed by atoms with Crippen molar-refractivity contribution in [1.29, 1.82) is 0 Å². The van der Waals surface area contributed by atoms with Gasteiger partial charge in [-0.25, -0.2) is 0 Å². The molecule has 0 radical (unpaired) electrons. The fraction of sp³-hybridized carbons (Fsp3) is 1.00. The highest BCUT2D eigenvalue weighted by atomic mass is 16.5. The Morgan fingerprint density at radius 1 is 1.40 bits per heavy atom. The summed E-state index contributed by atoms with van der Waals surface area (Å²) in [5, 5.41) is 3.38. The minimum atomic E-state index is 0.630. The zero-order chi connectivity index (χ0) is 10.5. The lowest BCUT2D eigenvalue weighted by Crippen LogP contribution is -2.47. The topological polar surface area (TPSA) is 50.5 Å². The van der Waals surface area contributed by atoms with E-state index >= 15 is 0 Å². The van der Waals surface area contributed by atoms with E-state index in [1.165, 1.54) is 19.5 Å². The Morgan fingerprint density at radius 3 is 2.80 bits per heavy atom. The SMILES string of the molecule is NCC(CN1CCNCC1)C1CCOC1. The Labute approximate surface area is 92.1 Å². The maximum absolute atomic E-state index is 5.87. The van der Waals surface area contributed by atoms with E-state index in [1.807, 2.05) is 0 Å². The molecule has 0 aliphatic carbocycles. The van der Waals surface area contributed by atoms with Crippen LogP contribution in [-0.4, -0.2) is 57.4 Å². The number of ether oxygens (including phenoxy) is 1. The molecule has 2 saturated heterocycles. The van der Waals surface area contributed by atoms with Crippen LogP contribution in [0.15, 0.2) is 0 Å². The standard InChI is InChI=1S/C11H23N3O/c12-7-11(10-1-6-15-9-10)8-14-4-2-13-3-5-14/h10-11,13H,1-9,12H2. The van der Waals surface area contributed by atoms with Crippen molar-refractivity contribution >= 4 is 0 Å². The van der Waals surface area contributed by atoms with E-state index in [1.54, 1.807) is 0 Å². The second-order valence-corrected chi connectivity index (χ2v) is 4.67. The number of hydrogen-bond acceptors (Lipinski definition) is 4.